The van der Waals surface area contributed by atoms with Gasteiger partial charge in [0, 0.05) is 30.6 Å². The summed E-state index contributed by atoms with van der Waals surface area (Å²) < 4.78 is 27.4. The Kier molecular flexibility index (Phi) is 7.26. The molecule has 6 nitrogen and oxygen atoms in total. The van der Waals surface area contributed by atoms with Gasteiger partial charge in [0.15, 0.2) is 0 Å². The smallest absolute Gasteiger partial charge is 0.224 e. The van der Waals surface area contributed by atoms with Crippen molar-refractivity contribution < 1.29 is 13.2 Å². The molecule has 32 heavy (non-hydrogen) atoms. The fraction of sp³-hybridized carbons (Fsp3) is 0.520. The van der Waals surface area contributed by atoms with E-state index in [-0.39, 0.29) is 24.1 Å². The SMILES string of the molecule is CCS(=O)(=O)NC1CC(=O)N2CCCCCCCc3ccccc3-c3cccc(n3)CC12. The van der Waals surface area contributed by atoms with Crippen LogP contribution in [-0.4, -0.2) is 48.6 Å². The highest BCUT2D eigenvalue weighted by Gasteiger charge is 2.41. The lowest BCUT2D eigenvalue weighted by Crippen LogP contribution is -2.47. The average Bonchev–Trinajstić information content (AvgIpc) is 3.06. The van der Waals surface area contributed by atoms with Crippen LogP contribution in [0.15, 0.2) is 42.5 Å². The number of rotatable bonds is 3. The maximum Gasteiger partial charge on any atom is 0.224 e. The average molecular weight is 456 g/mol. The van der Waals surface area contributed by atoms with E-state index in [0.717, 1.165) is 55.5 Å². The van der Waals surface area contributed by atoms with Gasteiger partial charge in [0.2, 0.25) is 15.9 Å². The van der Waals surface area contributed by atoms with Gasteiger partial charge in [0.25, 0.3) is 0 Å². The van der Waals surface area contributed by atoms with Gasteiger partial charge in [-0.25, -0.2) is 13.1 Å². The quantitative estimate of drug-likeness (QED) is 0.765. The fourth-order valence-corrected chi connectivity index (χ4v) is 5.76. The number of aromatic nitrogens is 1. The first-order valence-corrected chi connectivity index (χ1v) is 13.5. The van der Waals surface area contributed by atoms with E-state index in [9.17, 15) is 13.2 Å². The van der Waals surface area contributed by atoms with Crippen molar-refractivity contribution in [2.45, 2.75) is 70.4 Å². The van der Waals surface area contributed by atoms with Crippen LogP contribution < -0.4 is 4.72 Å². The molecule has 1 amide bonds. The Hall–Kier alpha value is -2.25. The number of benzene rings is 1. The Morgan fingerprint density at radius 2 is 1.78 bits per heavy atom. The highest BCUT2D eigenvalue weighted by atomic mass is 32.2. The van der Waals surface area contributed by atoms with E-state index >= 15 is 0 Å². The van der Waals surface area contributed by atoms with Crippen LogP contribution in [0.3, 0.4) is 0 Å². The van der Waals surface area contributed by atoms with Crippen molar-refractivity contribution in [3.63, 3.8) is 0 Å². The molecular weight excluding hydrogens is 422 g/mol. The molecule has 4 rings (SSSR count). The fourth-order valence-electron chi connectivity index (χ4n) is 4.89. The van der Waals surface area contributed by atoms with Crippen molar-refractivity contribution >= 4 is 15.9 Å². The predicted octanol–water partition coefficient (Wildman–Crippen LogP) is 3.71. The topological polar surface area (TPSA) is 79.4 Å². The monoisotopic (exact) mass is 455 g/mol. The van der Waals surface area contributed by atoms with Crippen LogP contribution in [0, 0.1) is 0 Å². The van der Waals surface area contributed by atoms with Gasteiger partial charge < -0.3 is 4.90 Å². The molecular formula is C25H33N3O3S. The van der Waals surface area contributed by atoms with Gasteiger partial charge in [0.05, 0.1) is 23.5 Å². The van der Waals surface area contributed by atoms with E-state index < -0.39 is 16.1 Å². The summed E-state index contributed by atoms with van der Waals surface area (Å²) in [5.74, 6) is 0.0409. The van der Waals surface area contributed by atoms with E-state index in [1.165, 1.54) is 5.56 Å². The lowest BCUT2D eigenvalue weighted by atomic mass is 9.98. The van der Waals surface area contributed by atoms with Crippen LogP contribution in [0.4, 0.5) is 0 Å². The number of amides is 1. The number of carbonyl (C=O) groups excluding carboxylic acids is 1. The molecule has 2 aromatic rings. The predicted molar refractivity (Wildman–Crippen MR) is 127 cm³/mol. The highest BCUT2D eigenvalue weighted by molar-refractivity contribution is 7.89. The standard InChI is InChI=1S/C25H33N3O3S/c1-2-32(30,31)27-23-18-25(29)28-16-9-5-3-4-6-11-19-12-7-8-14-21(19)22-15-10-13-20(26-22)17-24(23)28/h7-8,10,12-15,23-24,27H,2-6,9,11,16-18H2,1H3. The molecule has 7 heteroatoms. The largest absolute Gasteiger partial charge is 0.338 e. The van der Waals surface area contributed by atoms with E-state index in [1.54, 1.807) is 6.92 Å². The Balaban J connectivity index is 1.68. The van der Waals surface area contributed by atoms with Crippen LogP contribution >= 0.6 is 0 Å². The number of sulfonamides is 1. The summed E-state index contributed by atoms with van der Waals surface area (Å²) in [5.41, 5.74) is 4.30. The Morgan fingerprint density at radius 3 is 2.62 bits per heavy atom. The first kappa shape index (κ1) is 22.9. The lowest BCUT2D eigenvalue weighted by Gasteiger charge is -2.28. The zero-order valence-electron chi connectivity index (χ0n) is 18.8. The Bertz CT molecular complexity index is 1050. The normalized spacial score (nSPS) is 22.5. The minimum atomic E-state index is -3.40. The molecule has 1 aromatic heterocycles. The summed E-state index contributed by atoms with van der Waals surface area (Å²) in [6.07, 6.45) is 7.27. The van der Waals surface area contributed by atoms with E-state index in [1.807, 2.05) is 29.2 Å². The summed E-state index contributed by atoms with van der Waals surface area (Å²) in [5, 5.41) is 0. The number of aryl methyl sites for hydroxylation is 1. The van der Waals surface area contributed by atoms with Crippen LogP contribution in [0.25, 0.3) is 11.3 Å². The number of nitrogens with zero attached hydrogens (tertiary/aromatic N) is 2. The van der Waals surface area contributed by atoms with E-state index in [4.69, 9.17) is 4.98 Å². The summed E-state index contributed by atoms with van der Waals surface area (Å²) in [7, 11) is -3.40. The highest BCUT2D eigenvalue weighted by Crippen LogP contribution is 2.28. The molecule has 1 aromatic carbocycles. The number of carbonyl (C=O) groups is 1. The maximum atomic E-state index is 12.8. The third-order valence-electron chi connectivity index (χ3n) is 6.65. The molecule has 0 saturated carbocycles. The summed E-state index contributed by atoms with van der Waals surface area (Å²) in [6.45, 7) is 2.30. The Morgan fingerprint density at radius 1 is 1.00 bits per heavy atom. The molecule has 0 spiro atoms. The molecule has 1 fully saturated rings. The number of pyridine rings is 1. The number of fused-ring (bicyclic) bond motifs is 5. The first-order valence-electron chi connectivity index (χ1n) is 11.8. The molecule has 2 unspecified atom stereocenters. The number of nitrogens with one attached hydrogen (secondary N) is 1. The van der Waals surface area contributed by atoms with Gasteiger partial charge in [-0.2, -0.15) is 0 Å². The summed E-state index contributed by atoms with van der Waals surface area (Å²) >= 11 is 0. The molecule has 2 bridgehead atoms. The van der Waals surface area contributed by atoms with Gasteiger partial charge in [-0.15, -0.1) is 0 Å². The van der Waals surface area contributed by atoms with Crippen molar-refractivity contribution in [2.75, 3.05) is 12.3 Å². The second-order valence-corrected chi connectivity index (χ2v) is 10.9. The number of hydrogen-bond acceptors (Lipinski definition) is 4. The molecule has 1 saturated heterocycles. The van der Waals surface area contributed by atoms with Crippen LogP contribution in [-0.2, 0) is 27.7 Å². The van der Waals surface area contributed by atoms with Gasteiger partial charge in [-0.3, -0.25) is 9.78 Å². The van der Waals surface area contributed by atoms with Crippen molar-refractivity contribution in [1.82, 2.24) is 14.6 Å². The van der Waals surface area contributed by atoms with Gasteiger partial charge in [-0.05, 0) is 43.9 Å². The van der Waals surface area contributed by atoms with Crippen LogP contribution in [0.1, 0.15) is 56.7 Å². The minimum absolute atomic E-state index is 0.00886. The molecule has 2 aliphatic rings. The third-order valence-corrected chi connectivity index (χ3v) is 8.08. The zero-order valence-corrected chi connectivity index (χ0v) is 19.6. The summed E-state index contributed by atoms with van der Waals surface area (Å²) in [6, 6.07) is 13.9. The van der Waals surface area contributed by atoms with Crippen molar-refractivity contribution in [1.29, 1.82) is 0 Å². The molecule has 0 aliphatic carbocycles. The zero-order chi connectivity index (χ0) is 22.6. The van der Waals surface area contributed by atoms with Crippen LogP contribution in [0.5, 0.6) is 0 Å². The van der Waals surface area contributed by atoms with Crippen molar-refractivity contribution in [3.05, 3.63) is 53.7 Å². The lowest BCUT2D eigenvalue weighted by molar-refractivity contribution is -0.129. The second kappa shape index (κ2) is 10.1. The third kappa shape index (κ3) is 5.38. The molecule has 2 atom stereocenters. The minimum Gasteiger partial charge on any atom is -0.338 e. The number of hydrogen-bond donors (Lipinski definition) is 1. The van der Waals surface area contributed by atoms with Gasteiger partial charge >= 0.3 is 0 Å². The van der Waals surface area contributed by atoms with E-state index in [0.29, 0.717) is 13.0 Å². The maximum absolute atomic E-state index is 12.8. The van der Waals surface area contributed by atoms with Crippen molar-refractivity contribution in [3.8, 4) is 11.3 Å². The second-order valence-electron chi connectivity index (χ2n) is 8.88. The van der Waals surface area contributed by atoms with Crippen LogP contribution in [0.2, 0.25) is 0 Å². The Labute approximate surface area is 191 Å². The van der Waals surface area contributed by atoms with Crippen molar-refractivity contribution in [2.24, 2.45) is 0 Å². The molecule has 3 heterocycles. The first-order chi connectivity index (χ1) is 15.5. The molecule has 0 radical (unpaired) electrons. The molecule has 172 valence electrons. The van der Waals surface area contributed by atoms with Gasteiger partial charge in [-0.1, -0.05) is 49.6 Å². The summed E-state index contributed by atoms with van der Waals surface area (Å²) in [4.78, 5) is 19.7. The molecule has 1 N–H and O–H groups in total. The van der Waals surface area contributed by atoms with E-state index in [2.05, 4.69) is 22.9 Å². The molecule has 2 aliphatic heterocycles. The van der Waals surface area contributed by atoms with Gasteiger partial charge in [0.1, 0.15) is 0 Å².